The number of fused-ring (bicyclic) bond motifs is 4. The zero-order valence-corrected chi connectivity index (χ0v) is 18.4. The number of hydrogen-bond acceptors (Lipinski definition) is 5. The van der Waals surface area contributed by atoms with Crippen LogP contribution < -0.4 is 16.2 Å². The van der Waals surface area contributed by atoms with E-state index < -0.39 is 0 Å². The molecule has 2 bridgehead atoms. The van der Waals surface area contributed by atoms with Gasteiger partial charge in [-0.25, -0.2) is 9.67 Å². The standard InChI is InChI=1S/C21H22N6O2.2ClH/c28-20(24-10-15-3-1-2-4-19(15)27-13-23-12-25-27)17-5-6-18-16-7-14(8-22-9-16)11-26(18)21(17)29;;/h1-6,12-14,16,22H,7-11H2,(H,24,28);2*1H/t14-,16+;;/m0../s1. The predicted octanol–water partition coefficient (Wildman–Crippen LogP) is 1.91. The molecule has 1 aromatic carbocycles. The van der Waals surface area contributed by atoms with Crippen LogP contribution in [0.5, 0.6) is 0 Å². The van der Waals surface area contributed by atoms with Gasteiger partial charge in [-0.1, -0.05) is 18.2 Å². The summed E-state index contributed by atoms with van der Waals surface area (Å²) in [5.74, 6) is 0.446. The van der Waals surface area contributed by atoms with Crippen molar-refractivity contribution >= 4 is 30.7 Å². The smallest absolute Gasteiger partial charge is 0.263 e. The van der Waals surface area contributed by atoms with Crippen LogP contribution in [0.25, 0.3) is 5.69 Å². The Balaban J connectivity index is 0.00000136. The van der Waals surface area contributed by atoms with Crippen LogP contribution in [0.2, 0.25) is 0 Å². The lowest BCUT2D eigenvalue weighted by Gasteiger charge is -2.37. The minimum Gasteiger partial charge on any atom is -0.348 e. The summed E-state index contributed by atoms with van der Waals surface area (Å²) in [4.78, 5) is 29.8. The first-order valence-electron chi connectivity index (χ1n) is 9.86. The molecule has 3 aromatic rings. The van der Waals surface area contributed by atoms with Crippen molar-refractivity contribution in [2.24, 2.45) is 5.92 Å². The number of pyridine rings is 1. The molecule has 0 saturated carbocycles. The van der Waals surface area contributed by atoms with Gasteiger partial charge in [0.1, 0.15) is 18.2 Å². The van der Waals surface area contributed by atoms with Gasteiger partial charge in [0.15, 0.2) is 0 Å². The van der Waals surface area contributed by atoms with E-state index in [0.717, 1.165) is 36.5 Å². The van der Waals surface area contributed by atoms with Gasteiger partial charge in [-0.2, -0.15) is 5.10 Å². The molecule has 4 heterocycles. The van der Waals surface area contributed by atoms with Crippen molar-refractivity contribution in [1.82, 2.24) is 30.0 Å². The van der Waals surface area contributed by atoms with Crippen LogP contribution in [0.3, 0.4) is 0 Å². The minimum absolute atomic E-state index is 0. The first-order chi connectivity index (χ1) is 14.2. The van der Waals surface area contributed by atoms with Crippen LogP contribution in [0.1, 0.15) is 34.0 Å². The van der Waals surface area contributed by atoms with Gasteiger partial charge in [-0.15, -0.1) is 24.8 Å². The summed E-state index contributed by atoms with van der Waals surface area (Å²) in [7, 11) is 0. The third-order valence-electron chi connectivity index (χ3n) is 5.85. The number of nitrogens with one attached hydrogen (secondary N) is 2. The minimum atomic E-state index is -0.354. The molecule has 2 N–H and O–H groups in total. The second kappa shape index (κ2) is 9.64. The van der Waals surface area contributed by atoms with E-state index in [0.29, 0.717) is 24.9 Å². The lowest BCUT2D eigenvalue weighted by Crippen LogP contribution is -2.46. The number of para-hydroxylation sites is 1. The number of nitrogens with zero attached hydrogens (tertiary/aromatic N) is 4. The lowest BCUT2D eigenvalue weighted by atomic mass is 9.84. The monoisotopic (exact) mass is 462 g/mol. The van der Waals surface area contributed by atoms with E-state index >= 15 is 0 Å². The normalized spacial score (nSPS) is 18.8. The molecule has 1 amide bonds. The number of carbonyl (C=O) groups is 1. The van der Waals surface area contributed by atoms with Crippen LogP contribution in [-0.4, -0.2) is 38.3 Å². The maximum Gasteiger partial charge on any atom is 0.263 e. The number of piperidine rings is 1. The molecule has 2 aliphatic heterocycles. The largest absolute Gasteiger partial charge is 0.348 e. The number of hydrogen-bond donors (Lipinski definition) is 2. The van der Waals surface area contributed by atoms with Crippen molar-refractivity contribution in [1.29, 1.82) is 0 Å². The number of benzene rings is 1. The average molecular weight is 463 g/mol. The Morgan fingerprint density at radius 3 is 2.81 bits per heavy atom. The first-order valence-corrected chi connectivity index (χ1v) is 9.86. The Labute approximate surface area is 191 Å². The predicted molar refractivity (Wildman–Crippen MR) is 121 cm³/mol. The zero-order chi connectivity index (χ0) is 19.8. The molecule has 0 unspecified atom stereocenters. The molecule has 8 nitrogen and oxygen atoms in total. The summed E-state index contributed by atoms with van der Waals surface area (Å²) in [5.41, 5.74) is 2.77. The van der Waals surface area contributed by atoms with Crippen molar-refractivity contribution < 1.29 is 4.79 Å². The fourth-order valence-corrected chi connectivity index (χ4v) is 4.45. The van der Waals surface area contributed by atoms with Crippen LogP contribution in [0, 0.1) is 5.92 Å². The molecule has 2 aromatic heterocycles. The van der Waals surface area contributed by atoms with Gasteiger partial charge in [0.25, 0.3) is 11.5 Å². The Morgan fingerprint density at radius 2 is 2.00 bits per heavy atom. The van der Waals surface area contributed by atoms with Crippen LogP contribution in [-0.2, 0) is 13.1 Å². The SMILES string of the molecule is Cl.Cl.O=C(NCc1ccccc1-n1cncn1)c1ccc2n(c1=O)C[C@@H]1CNC[C@H]2C1. The summed E-state index contributed by atoms with van der Waals surface area (Å²) in [6.45, 7) is 2.79. The van der Waals surface area contributed by atoms with Crippen molar-refractivity contribution in [3.05, 3.63) is 76.2 Å². The molecule has 164 valence electrons. The lowest BCUT2D eigenvalue weighted by molar-refractivity contribution is 0.0948. The summed E-state index contributed by atoms with van der Waals surface area (Å²) in [6, 6.07) is 11.3. The van der Waals surface area contributed by atoms with Gasteiger partial charge in [-0.05, 0) is 42.6 Å². The van der Waals surface area contributed by atoms with E-state index in [1.54, 1.807) is 21.6 Å². The number of amides is 1. The van der Waals surface area contributed by atoms with Crippen molar-refractivity contribution in [2.45, 2.75) is 25.4 Å². The molecule has 1 fully saturated rings. The zero-order valence-electron chi connectivity index (χ0n) is 16.7. The third kappa shape index (κ3) is 4.37. The molecular formula is C21H24Cl2N6O2. The van der Waals surface area contributed by atoms with Crippen LogP contribution in [0.4, 0.5) is 0 Å². The Hall–Kier alpha value is -2.68. The van der Waals surface area contributed by atoms with Crippen molar-refractivity contribution in [2.75, 3.05) is 13.1 Å². The van der Waals surface area contributed by atoms with Crippen LogP contribution >= 0.6 is 24.8 Å². The van der Waals surface area contributed by atoms with Gasteiger partial charge in [0.2, 0.25) is 0 Å². The molecule has 5 rings (SSSR count). The van der Waals surface area contributed by atoms with Crippen LogP contribution in [0.15, 0.2) is 53.8 Å². The Bertz CT molecular complexity index is 1120. The molecule has 0 spiro atoms. The van der Waals surface area contributed by atoms with Gasteiger partial charge in [0.05, 0.1) is 5.69 Å². The second-order valence-corrected chi connectivity index (χ2v) is 7.70. The van der Waals surface area contributed by atoms with E-state index in [4.69, 9.17) is 0 Å². The molecule has 2 aliphatic rings. The average Bonchev–Trinajstić information content (AvgIpc) is 3.28. The third-order valence-corrected chi connectivity index (χ3v) is 5.85. The van der Waals surface area contributed by atoms with E-state index in [1.165, 1.54) is 6.33 Å². The van der Waals surface area contributed by atoms with Gasteiger partial charge in [0, 0.05) is 31.2 Å². The number of halogens is 2. The summed E-state index contributed by atoms with van der Waals surface area (Å²) < 4.78 is 3.46. The van der Waals surface area contributed by atoms with Gasteiger partial charge >= 0.3 is 0 Å². The Kier molecular flexibility index (Phi) is 7.15. The number of rotatable bonds is 4. The summed E-state index contributed by atoms with van der Waals surface area (Å²) >= 11 is 0. The molecule has 31 heavy (non-hydrogen) atoms. The molecular weight excluding hydrogens is 439 g/mol. The molecule has 2 atom stereocenters. The maximum absolute atomic E-state index is 13.0. The fourth-order valence-electron chi connectivity index (χ4n) is 4.45. The summed E-state index contributed by atoms with van der Waals surface area (Å²) in [5, 5.41) is 10.5. The highest BCUT2D eigenvalue weighted by atomic mass is 35.5. The van der Waals surface area contributed by atoms with Crippen molar-refractivity contribution in [3.63, 3.8) is 0 Å². The topological polar surface area (TPSA) is 93.8 Å². The Morgan fingerprint density at radius 1 is 1.16 bits per heavy atom. The molecule has 1 saturated heterocycles. The first kappa shape index (κ1) is 23.0. The molecule has 10 heteroatoms. The number of aromatic nitrogens is 4. The van der Waals surface area contributed by atoms with E-state index in [1.807, 2.05) is 30.3 Å². The highest BCUT2D eigenvalue weighted by molar-refractivity contribution is 5.93. The van der Waals surface area contributed by atoms with E-state index in [2.05, 4.69) is 20.7 Å². The highest BCUT2D eigenvalue weighted by Crippen LogP contribution is 2.31. The molecule has 0 aliphatic carbocycles. The highest BCUT2D eigenvalue weighted by Gasteiger charge is 2.31. The quantitative estimate of drug-likeness (QED) is 0.617. The molecule has 0 radical (unpaired) electrons. The number of carbonyl (C=O) groups excluding carboxylic acids is 1. The maximum atomic E-state index is 13.0. The second-order valence-electron chi connectivity index (χ2n) is 7.70. The summed E-state index contributed by atoms with van der Waals surface area (Å²) in [6.07, 6.45) is 4.19. The van der Waals surface area contributed by atoms with E-state index in [9.17, 15) is 9.59 Å². The van der Waals surface area contributed by atoms with Gasteiger partial charge in [-0.3, -0.25) is 9.59 Å². The van der Waals surface area contributed by atoms with Crippen molar-refractivity contribution in [3.8, 4) is 5.69 Å². The fraction of sp³-hybridized carbons (Fsp3) is 0.333. The van der Waals surface area contributed by atoms with E-state index in [-0.39, 0.29) is 41.8 Å². The van der Waals surface area contributed by atoms with Gasteiger partial charge < -0.3 is 15.2 Å².